The van der Waals surface area contributed by atoms with Crippen molar-refractivity contribution in [1.82, 2.24) is 16.0 Å². The number of ether oxygens (including phenoxy) is 1. The quantitative estimate of drug-likeness (QED) is 0.194. The summed E-state index contributed by atoms with van der Waals surface area (Å²) in [6.45, 7) is 5.20. The number of unbranched alkanes of at least 4 members (excludes halogenated alkanes) is 1. The molecule has 0 radical (unpaired) electrons. The molecule has 0 atom stereocenters. The molecule has 0 aliphatic heterocycles. The number of carbonyl (C=O) groups excluding carboxylic acids is 1. The maximum atomic E-state index is 11.8. The van der Waals surface area contributed by atoms with Crippen LogP contribution in [0.25, 0.3) is 0 Å². The van der Waals surface area contributed by atoms with Crippen molar-refractivity contribution in [2.45, 2.75) is 64.3 Å². The van der Waals surface area contributed by atoms with Gasteiger partial charge in [0, 0.05) is 45.8 Å². The lowest BCUT2D eigenvalue weighted by Gasteiger charge is -2.14. The topological polar surface area (TPSA) is 74.8 Å². The summed E-state index contributed by atoms with van der Waals surface area (Å²) in [5.74, 6) is 0.872. The van der Waals surface area contributed by atoms with E-state index in [1.165, 1.54) is 19.3 Å². The van der Waals surface area contributed by atoms with Gasteiger partial charge in [-0.05, 0) is 25.7 Å². The van der Waals surface area contributed by atoms with Crippen LogP contribution in [0.3, 0.4) is 0 Å². The van der Waals surface area contributed by atoms with Gasteiger partial charge in [0.2, 0.25) is 5.91 Å². The molecule has 3 N–H and O–H groups in total. The third-order valence-corrected chi connectivity index (χ3v) is 3.99. The molecule has 6 nitrogen and oxygen atoms in total. The van der Waals surface area contributed by atoms with Crippen LogP contribution >= 0.6 is 24.0 Å². The number of amides is 1. The highest BCUT2D eigenvalue weighted by atomic mass is 127. The van der Waals surface area contributed by atoms with Gasteiger partial charge in [0.15, 0.2) is 5.96 Å². The Labute approximate surface area is 164 Å². The van der Waals surface area contributed by atoms with Gasteiger partial charge in [-0.15, -0.1) is 24.0 Å². The summed E-state index contributed by atoms with van der Waals surface area (Å²) in [6.07, 6.45) is 8.46. The Kier molecular flexibility index (Phi) is 15.6. The summed E-state index contributed by atoms with van der Waals surface area (Å²) in [5, 5.41) is 9.50. The molecule has 1 rings (SSSR count). The summed E-state index contributed by atoms with van der Waals surface area (Å²) < 4.78 is 5.51. The molecule has 0 aromatic heterocycles. The minimum absolute atomic E-state index is 0. The molecule has 142 valence electrons. The molecule has 7 heteroatoms. The second-order valence-electron chi connectivity index (χ2n) is 6.04. The molecular formula is C17H35IN4O2. The molecule has 0 aromatic carbocycles. The van der Waals surface area contributed by atoms with Gasteiger partial charge >= 0.3 is 0 Å². The molecule has 1 fully saturated rings. The first-order valence-electron chi connectivity index (χ1n) is 9.08. The number of hydrogen-bond acceptors (Lipinski definition) is 3. The lowest BCUT2D eigenvalue weighted by Crippen LogP contribution is -2.40. The highest BCUT2D eigenvalue weighted by molar-refractivity contribution is 14.0. The number of aliphatic imine (C=N–C) groups is 1. The van der Waals surface area contributed by atoms with Crippen molar-refractivity contribution in [3.8, 4) is 0 Å². The van der Waals surface area contributed by atoms with Gasteiger partial charge in [-0.2, -0.15) is 0 Å². The minimum atomic E-state index is 0. The lowest BCUT2D eigenvalue weighted by molar-refractivity contribution is -0.121. The van der Waals surface area contributed by atoms with Crippen LogP contribution in [-0.2, 0) is 9.53 Å². The Morgan fingerprint density at radius 3 is 2.46 bits per heavy atom. The molecule has 24 heavy (non-hydrogen) atoms. The average Bonchev–Trinajstić information content (AvgIpc) is 3.05. The largest absolute Gasteiger partial charge is 0.381 e. The standard InChI is InChI=1S/C17H34N4O2.HI/c1-3-4-13-23-14-7-11-19-17(18-2)20-12-10-16(22)21-15-8-5-6-9-15;/h15H,3-14H2,1-2H3,(H,21,22)(H2,18,19,20);1H. The van der Waals surface area contributed by atoms with Crippen LogP contribution in [0.5, 0.6) is 0 Å². The van der Waals surface area contributed by atoms with E-state index in [0.717, 1.165) is 51.4 Å². The van der Waals surface area contributed by atoms with Crippen molar-refractivity contribution in [1.29, 1.82) is 0 Å². The van der Waals surface area contributed by atoms with E-state index in [2.05, 4.69) is 27.9 Å². The molecule has 0 heterocycles. The second kappa shape index (κ2) is 15.9. The van der Waals surface area contributed by atoms with E-state index in [4.69, 9.17) is 4.74 Å². The fraction of sp³-hybridized carbons (Fsp3) is 0.882. The molecule has 0 saturated heterocycles. The molecule has 1 aliphatic rings. The van der Waals surface area contributed by atoms with E-state index in [1.807, 2.05) is 0 Å². The third kappa shape index (κ3) is 11.9. The second-order valence-corrected chi connectivity index (χ2v) is 6.04. The molecule has 1 aliphatic carbocycles. The first-order chi connectivity index (χ1) is 11.3. The van der Waals surface area contributed by atoms with Crippen LogP contribution in [0.4, 0.5) is 0 Å². The number of hydrogen-bond donors (Lipinski definition) is 3. The van der Waals surface area contributed by atoms with Gasteiger partial charge in [0.05, 0.1) is 0 Å². The normalized spacial score (nSPS) is 15.0. The lowest BCUT2D eigenvalue weighted by atomic mass is 10.2. The number of nitrogens with zero attached hydrogens (tertiary/aromatic N) is 1. The van der Waals surface area contributed by atoms with E-state index in [1.54, 1.807) is 7.05 Å². The highest BCUT2D eigenvalue weighted by Crippen LogP contribution is 2.17. The van der Waals surface area contributed by atoms with E-state index in [-0.39, 0.29) is 29.9 Å². The van der Waals surface area contributed by atoms with Crippen molar-refractivity contribution in [3.05, 3.63) is 0 Å². The van der Waals surface area contributed by atoms with Gasteiger partial charge < -0.3 is 20.7 Å². The first kappa shape index (κ1) is 23.4. The van der Waals surface area contributed by atoms with Crippen LogP contribution in [-0.4, -0.2) is 51.3 Å². The van der Waals surface area contributed by atoms with Crippen LogP contribution in [0.1, 0.15) is 58.3 Å². The van der Waals surface area contributed by atoms with Crippen molar-refractivity contribution in [2.75, 3.05) is 33.4 Å². The number of nitrogens with one attached hydrogen (secondary N) is 3. The van der Waals surface area contributed by atoms with Crippen molar-refractivity contribution < 1.29 is 9.53 Å². The van der Waals surface area contributed by atoms with Crippen molar-refractivity contribution in [2.24, 2.45) is 4.99 Å². The van der Waals surface area contributed by atoms with Crippen molar-refractivity contribution >= 4 is 35.8 Å². The molecular weight excluding hydrogens is 419 g/mol. The fourth-order valence-electron chi connectivity index (χ4n) is 2.61. The summed E-state index contributed by atoms with van der Waals surface area (Å²) in [6, 6.07) is 0.396. The smallest absolute Gasteiger partial charge is 0.221 e. The Bertz CT molecular complexity index is 347. The van der Waals surface area contributed by atoms with Gasteiger partial charge in [0.1, 0.15) is 0 Å². The number of guanidine groups is 1. The molecule has 1 amide bonds. The molecule has 0 spiro atoms. The fourth-order valence-corrected chi connectivity index (χ4v) is 2.61. The number of halogens is 1. The Hall–Kier alpha value is -0.570. The average molecular weight is 454 g/mol. The third-order valence-electron chi connectivity index (χ3n) is 3.99. The van der Waals surface area contributed by atoms with Gasteiger partial charge in [-0.3, -0.25) is 9.79 Å². The first-order valence-corrected chi connectivity index (χ1v) is 9.08. The van der Waals surface area contributed by atoms with E-state index >= 15 is 0 Å². The van der Waals surface area contributed by atoms with Gasteiger partial charge in [-0.25, -0.2) is 0 Å². The molecule has 0 bridgehead atoms. The van der Waals surface area contributed by atoms with Gasteiger partial charge in [-0.1, -0.05) is 26.2 Å². The maximum absolute atomic E-state index is 11.8. The summed E-state index contributed by atoms with van der Waals surface area (Å²) in [4.78, 5) is 16.0. The molecule has 1 saturated carbocycles. The zero-order valence-corrected chi connectivity index (χ0v) is 17.6. The summed E-state index contributed by atoms with van der Waals surface area (Å²) in [5.41, 5.74) is 0. The summed E-state index contributed by atoms with van der Waals surface area (Å²) >= 11 is 0. The van der Waals surface area contributed by atoms with Crippen molar-refractivity contribution in [3.63, 3.8) is 0 Å². The Morgan fingerprint density at radius 2 is 1.79 bits per heavy atom. The molecule has 0 aromatic rings. The monoisotopic (exact) mass is 454 g/mol. The number of carbonyl (C=O) groups is 1. The van der Waals surface area contributed by atoms with E-state index < -0.39 is 0 Å². The zero-order valence-electron chi connectivity index (χ0n) is 15.2. The predicted octanol–water partition coefficient (Wildman–Crippen LogP) is 2.43. The van der Waals surface area contributed by atoms with Crippen LogP contribution in [0, 0.1) is 0 Å². The Morgan fingerprint density at radius 1 is 1.12 bits per heavy atom. The minimum Gasteiger partial charge on any atom is -0.381 e. The maximum Gasteiger partial charge on any atom is 0.221 e. The highest BCUT2D eigenvalue weighted by Gasteiger charge is 2.16. The molecule has 0 unspecified atom stereocenters. The Balaban J connectivity index is 0.00000529. The van der Waals surface area contributed by atoms with Crippen LogP contribution in [0.15, 0.2) is 4.99 Å². The summed E-state index contributed by atoms with van der Waals surface area (Å²) in [7, 11) is 1.74. The predicted molar refractivity (Wildman–Crippen MR) is 110 cm³/mol. The van der Waals surface area contributed by atoms with Gasteiger partial charge in [0.25, 0.3) is 0 Å². The zero-order chi connectivity index (χ0) is 16.8. The van der Waals surface area contributed by atoms with Crippen LogP contribution in [0.2, 0.25) is 0 Å². The number of rotatable bonds is 11. The SMILES string of the molecule is CCCCOCCCNC(=NC)NCCC(=O)NC1CCCC1.I. The van der Waals surface area contributed by atoms with E-state index in [0.29, 0.717) is 19.0 Å². The van der Waals surface area contributed by atoms with Crippen LogP contribution < -0.4 is 16.0 Å². The van der Waals surface area contributed by atoms with E-state index in [9.17, 15) is 4.79 Å².